The molecule has 1 N–H and O–H groups in total. The van der Waals surface area contributed by atoms with E-state index in [0.29, 0.717) is 16.6 Å². The van der Waals surface area contributed by atoms with Gasteiger partial charge in [0.25, 0.3) is 5.91 Å². The number of nitrogens with one attached hydrogen (secondary N) is 1. The zero-order valence-electron chi connectivity index (χ0n) is 15.0. The van der Waals surface area contributed by atoms with E-state index in [-0.39, 0.29) is 10.8 Å². The molecule has 0 saturated heterocycles. The van der Waals surface area contributed by atoms with E-state index in [0.717, 1.165) is 34.3 Å². The molecular weight excluding hydrogens is 438 g/mol. The minimum Gasteiger partial charge on any atom is -0.352 e. The molecule has 0 saturated carbocycles. The molecule has 1 aromatic heterocycles. The minimum atomic E-state index is -3.62. The lowest BCUT2D eigenvalue weighted by Crippen LogP contribution is -2.26. The average molecular weight is 460 g/mol. The van der Waals surface area contributed by atoms with Crippen LogP contribution in [0.1, 0.15) is 33.9 Å². The molecule has 6 nitrogen and oxygen atoms in total. The van der Waals surface area contributed by atoms with Gasteiger partial charge in [-0.05, 0) is 60.3 Å². The maximum absolute atomic E-state index is 12.3. The van der Waals surface area contributed by atoms with Crippen molar-refractivity contribution in [3.63, 3.8) is 0 Å². The molecule has 0 unspecified atom stereocenters. The number of nitrogens with zero attached hydrogens (tertiary/aromatic N) is 2. The van der Waals surface area contributed by atoms with Crippen LogP contribution in [0.25, 0.3) is 0 Å². The first-order valence-electron chi connectivity index (χ1n) is 8.13. The second kappa shape index (κ2) is 9.07. The molecule has 2 rings (SSSR count). The van der Waals surface area contributed by atoms with Crippen LogP contribution < -0.4 is 5.32 Å². The van der Waals surface area contributed by atoms with Gasteiger partial charge in [-0.1, -0.05) is 0 Å². The molecule has 1 heterocycles. The zero-order valence-corrected chi connectivity index (χ0v) is 18.2. The summed E-state index contributed by atoms with van der Waals surface area (Å²) >= 11 is 4.89. The molecule has 2 aromatic rings. The third kappa shape index (κ3) is 5.35. The van der Waals surface area contributed by atoms with Gasteiger partial charge in [0.1, 0.15) is 0 Å². The lowest BCUT2D eigenvalue weighted by molar-refractivity contribution is 0.0953. The van der Waals surface area contributed by atoms with E-state index in [1.165, 1.54) is 20.2 Å². The summed E-state index contributed by atoms with van der Waals surface area (Å²) in [5.41, 5.74) is 1.36. The molecule has 0 atom stereocenters. The average Bonchev–Trinajstić information content (AvgIpc) is 2.99. The summed E-state index contributed by atoms with van der Waals surface area (Å²) in [6.07, 6.45) is 2.68. The van der Waals surface area contributed by atoms with Gasteiger partial charge in [-0.25, -0.2) is 17.7 Å². The molecule has 26 heavy (non-hydrogen) atoms. The number of hydrogen-bond donors (Lipinski definition) is 1. The number of benzene rings is 1. The first-order valence-corrected chi connectivity index (χ1v) is 11.2. The highest BCUT2D eigenvalue weighted by atomic mass is 79.9. The Hall–Kier alpha value is -1.29. The molecule has 1 amide bonds. The Balaban J connectivity index is 1.91. The minimum absolute atomic E-state index is 0.0780. The highest BCUT2D eigenvalue weighted by Gasteiger charge is 2.22. The van der Waals surface area contributed by atoms with Crippen LogP contribution in [0.15, 0.2) is 32.9 Å². The van der Waals surface area contributed by atoms with E-state index >= 15 is 0 Å². The number of rotatable bonds is 8. The first-order chi connectivity index (χ1) is 12.2. The standard InChI is InChI=1S/C17H22BrN3O3S2/c1-12-11-25-16(20-12)6-4-5-9-19-17(22)13-7-8-14(18)15(10-13)26(23,24)21(2)3/h7-8,10-11H,4-6,9H2,1-3H3,(H,19,22). The number of amides is 1. The number of aryl methyl sites for hydroxylation is 2. The Labute approximate surface area is 166 Å². The highest BCUT2D eigenvalue weighted by Crippen LogP contribution is 2.25. The fraction of sp³-hybridized carbons (Fsp3) is 0.412. The third-order valence-electron chi connectivity index (χ3n) is 3.72. The normalized spacial score (nSPS) is 11.7. The fourth-order valence-electron chi connectivity index (χ4n) is 2.26. The Kier molecular flexibility index (Phi) is 7.33. The van der Waals surface area contributed by atoms with Crippen molar-refractivity contribution < 1.29 is 13.2 Å². The van der Waals surface area contributed by atoms with Gasteiger partial charge in [-0.2, -0.15) is 0 Å². The van der Waals surface area contributed by atoms with Crippen LogP contribution in [0.3, 0.4) is 0 Å². The van der Waals surface area contributed by atoms with E-state index in [9.17, 15) is 13.2 Å². The summed E-state index contributed by atoms with van der Waals surface area (Å²) in [6.45, 7) is 2.51. The summed E-state index contributed by atoms with van der Waals surface area (Å²) in [5.74, 6) is -0.280. The molecule has 0 bridgehead atoms. The number of thiazole rings is 1. The zero-order chi connectivity index (χ0) is 19.3. The number of unbranched alkanes of at least 4 members (excludes halogenated alkanes) is 1. The summed E-state index contributed by atoms with van der Waals surface area (Å²) in [7, 11) is -0.707. The van der Waals surface area contributed by atoms with Crippen LogP contribution in [0.2, 0.25) is 0 Å². The van der Waals surface area contributed by atoms with Gasteiger partial charge < -0.3 is 5.32 Å². The Morgan fingerprint density at radius 2 is 2.04 bits per heavy atom. The van der Waals surface area contributed by atoms with Gasteiger partial charge in [0.2, 0.25) is 10.0 Å². The van der Waals surface area contributed by atoms with Crippen molar-refractivity contribution in [3.05, 3.63) is 44.3 Å². The number of carbonyl (C=O) groups excluding carboxylic acids is 1. The van der Waals surface area contributed by atoms with Crippen LogP contribution in [0.5, 0.6) is 0 Å². The molecule has 0 aliphatic rings. The molecule has 9 heteroatoms. The van der Waals surface area contributed by atoms with Gasteiger partial charge in [0.05, 0.1) is 9.90 Å². The molecular formula is C17H22BrN3O3S2. The van der Waals surface area contributed by atoms with E-state index in [1.54, 1.807) is 23.5 Å². The van der Waals surface area contributed by atoms with E-state index in [4.69, 9.17) is 0 Å². The molecule has 142 valence electrons. The molecule has 0 spiro atoms. The summed E-state index contributed by atoms with van der Waals surface area (Å²) in [5, 5.41) is 5.98. The van der Waals surface area contributed by atoms with Crippen molar-refractivity contribution in [2.45, 2.75) is 31.1 Å². The molecule has 0 aliphatic heterocycles. The predicted octanol–water partition coefficient (Wildman–Crippen LogP) is 3.22. The quantitative estimate of drug-likeness (QED) is 0.614. The van der Waals surface area contributed by atoms with Crippen molar-refractivity contribution in [3.8, 4) is 0 Å². The van der Waals surface area contributed by atoms with Crippen molar-refractivity contribution >= 4 is 43.2 Å². The number of aromatic nitrogens is 1. The molecule has 0 radical (unpaired) electrons. The number of hydrogen-bond acceptors (Lipinski definition) is 5. The Morgan fingerprint density at radius 3 is 2.65 bits per heavy atom. The predicted molar refractivity (Wildman–Crippen MR) is 107 cm³/mol. The van der Waals surface area contributed by atoms with Crippen molar-refractivity contribution in [1.29, 1.82) is 0 Å². The lowest BCUT2D eigenvalue weighted by atomic mass is 10.2. The number of sulfonamides is 1. The Morgan fingerprint density at radius 1 is 1.31 bits per heavy atom. The van der Waals surface area contributed by atoms with Crippen LogP contribution in [-0.4, -0.2) is 44.3 Å². The summed E-state index contributed by atoms with van der Waals surface area (Å²) in [4.78, 5) is 16.8. The number of carbonyl (C=O) groups is 1. The fourth-order valence-corrected chi connectivity index (χ4v) is 4.92. The summed E-state index contributed by atoms with van der Waals surface area (Å²) in [6, 6.07) is 4.58. The van der Waals surface area contributed by atoms with E-state index in [1.807, 2.05) is 12.3 Å². The monoisotopic (exact) mass is 459 g/mol. The van der Waals surface area contributed by atoms with Crippen molar-refractivity contribution in [2.75, 3.05) is 20.6 Å². The van der Waals surface area contributed by atoms with Gasteiger partial charge in [0.15, 0.2) is 0 Å². The maximum atomic E-state index is 12.3. The largest absolute Gasteiger partial charge is 0.352 e. The number of halogens is 1. The van der Waals surface area contributed by atoms with Gasteiger partial charge in [0, 0.05) is 41.8 Å². The van der Waals surface area contributed by atoms with E-state index in [2.05, 4.69) is 26.2 Å². The molecule has 1 aromatic carbocycles. The van der Waals surface area contributed by atoms with Crippen LogP contribution in [-0.2, 0) is 16.4 Å². The van der Waals surface area contributed by atoms with Gasteiger partial charge in [-0.3, -0.25) is 4.79 Å². The Bertz CT molecular complexity index is 879. The third-order valence-corrected chi connectivity index (χ3v) is 7.56. The SMILES string of the molecule is Cc1csc(CCCCNC(=O)c2ccc(Br)c(S(=O)(=O)N(C)C)c2)n1. The second-order valence-electron chi connectivity index (χ2n) is 6.03. The summed E-state index contributed by atoms with van der Waals surface area (Å²) < 4.78 is 26.2. The van der Waals surface area contributed by atoms with Crippen LogP contribution in [0.4, 0.5) is 0 Å². The smallest absolute Gasteiger partial charge is 0.251 e. The maximum Gasteiger partial charge on any atom is 0.251 e. The molecule has 0 aliphatic carbocycles. The van der Waals surface area contributed by atoms with Crippen molar-refractivity contribution in [2.24, 2.45) is 0 Å². The molecule has 0 fully saturated rings. The van der Waals surface area contributed by atoms with Crippen LogP contribution >= 0.6 is 27.3 Å². The van der Waals surface area contributed by atoms with E-state index < -0.39 is 10.0 Å². The first kappa shape index (κ1) is 21.0. The van der Waals surface area contributed by atoms with Gasteiger partial charge >= 0.3 is 0 Å². The topological polar surface area (TPSA) is 79.4 Å². The second-order valence-corrected chi connectivity index (χ2v) is 9.95. The van der Waals surface area contributed by atoms with Gasteiger partial charge in [-0.15, -0.1) is 11.3 Å². The highest BCUT2D eigenvalue weighted by molar-refractivity contribution is 9.10. The lowest BCUT2D eigenvalue weighted by Gasteiger charge is -2.14. The van der Waals surface area contributed by atoms with Crippen LogP contribution in [0, 0.1) is 6.92 Å². The van der Waals surface area contributed by atoms with Crippen molar-refractivity contribution in [1.82, 2.24) is 14.6 Å².